The van der Waals surface area contributed by atoms with Crippen molar-refractivity contribution in [3.05, 3.63) is 29.8 Å². The smallest absolute Gasteiger partial charge is 0.255 e. The second-order valence-corrected chi connectivity index (χ2v) is 5.20. The summed E-state index contributed by atoms with van der Waals surface area (Å²) in [6.07, 6.45) is 4.43. The van der Waals surface area contributed by atoms with E-state index in [-0.39, 0.29) is 18.3 Å². The average molecular weight is 299 g/mol. The van der Waals surface area contributed by atoms with Gasteiger partial charge in [-0.1, -0.05) is 18.6 Å². The van der Waals surface area contributed by atoms with Gasteiger partial charge in [-0.3, -0.25) is 4.79 Å². The second kappa shape index (κ2) is 8.12. The maximum atomic E-state index is 12.1. The molecule has 1 aliphatic carbocycles. The Kier molecular flexibility index (Phi) is 6.82. The minimum absolute atomic E-state index is 0. The predicted molar refractivity (Wildman–Crippen MR) is 82.5 cm³/mol. The molecule has 0 aliphatic heterocycles. The topological polar surface area (TPSA) is 64.3 Å². The van der Waals surface area contributed by atoms with Crippen LogP contribution in [0.5, 0.6) is 5.75 Å². The molecule has 1 aromatic carbocycles. The van der Waals surface area contributed by atoms with Crippen molar-refractivity contribution in [2.45, 2.75) is 31.7 Å². The summed E-state index contributed by atoms with van der Waals surface area (Å²) < 4.78 is 5.19. The third-order valence-corrected chi connectivity index (χ3v) is 3.73. The van der Waals surface area contributed by atoms with Gasteiger partial charge in [-0.25, -0.2) is 0 Å². The number of benzene rings is 1. The molecule has 2 rings (SSSR count). The van der Waals surface area contributed by atoms with Gasteiger partial charge >= 0.3 is 0 Å². The third kappa shape index (κ3) is 4.39. The quantitative estimate of drug-likeness (QED) is 0.897. The van der Waals surface area contributed by atoms with Crippen molar-refractivity contribution in [1.82, 2.24) is 5.32 Å². The van der Waals surface area contributed by atoms with Gasteiger partial charge in [0.2, 0.25) is 0 Å². The number of nitrogens with one attached hydrogen (secondary N) is 1. The number of nitrogens with two attached hydrogens (primary N) is 1. The molecule has 0 spiro atoms. The molecular weight excluding hydrogens is 276 g/mol. The zero-order valence-corrected chi connectivity index (χ0v) is 12.6. The molecule has 0 aromatic heterocycles. The minimum Gasteiger partial charge on any atom is -0.496 e. The zero-order valence-electron chi connectivity index (χ0n) is 11.8. The van der Waals surface area contributed by atoms with Gasteiger partial charge in [-0.05, 0) is 37.3 Å². The van der Waals surface area contributed by atoms with Crippen molar-refractivity contribution in [3.63, 3.8) is 0 Å². The molecule has 112 valence electrons. The highest BCUT2D eigenvalue weighted by atomic mass is 35.5. The van der Waals surface area contributed by atoms with E-state index >= 15 is 0 Å². The lowest BCUT2D eigenvalue weighted by Crippen LogP contribution is -2.35. The highest BCUT2D eigenvalue weighted by Gasteiger charge is 2.20. The molecule has 0 heterocycles. The lowest BCUT2D eigenvalue weighted by Gasteiger charge is -2.26. The van der Waals surface area contributed by atoms with Crippen molar-refractivity contribution < 1.29 is 9.53 Å². The molecule has 2 atom stereocenters. The summed E-state index contributed by atoms with van der Waals surface area (Å²) in [6, 6.07) is 7.57. The normalized spacial score (nSPS) is 21.7. The first kappa shape index (κ1) is 16.8. The van der Waals surface area contributed by atoms with Gasteiger partial charge in [0.15, 0.2) is 0 Å². The molecule has 1 aliphatic rings. The summed E-state index contributed by atoms with van der Waals surface area (Å²) in [5, 5.41) is 2.99. The van der Waals surface area contributed by atoms with Crippen molar-refractivity contribution >= 4 is 18.3 Å². The van der Waals surface area contributed by atoms with Gasteiger partial charge in [0, 0.05) is 12.6 Å². The average Bonchev–Trinajstić information content (AvgIpc) is 2.45. The maximum absolute atomic E-state index is 12.1. The number of para-hydroxylation sites is 1. The van der Waals surface area contributed by atoms with Crippen LogP contribution in [0, 0.1) is 5.92 Å². The Bertz CT molecular complexity index is 440. The van der Waals surface area contributed by atoms with Gasteiger partial charge < -0.3 is 15.8 Å². The summed E-state index contributed by atoms with van der Waals surface area (Å²) in [5.74, 6) is 1.04. The Labute approximate surface area is 126 Å². The van der Waals surface area contributed by atoms with Crippen LogP contribution < -0.4 is 15.8 Å². The van der Waals surface area contributed by atoms with Crippen LogP contribution in [0.2, 0.25) is 0 Å². The lowest BCUT2D eigenvalue weighted by atomic mass is 9.86. The Morgan fingerprint density at radius 2 is 2.15 bits per heavy atom. The number of halogens is 1. The van der Waals surface area contributed by atoms with E-state index in [4.69, 9.17) is 10.5 Å². The molecule has 4 nitrogen and oxygen atoms in total. The van der Waals surface area contributed by atoms with Crippen molar-refractivity contribution in [3.8, 4) is 5.75 Å². The second-order valence-electron chi connectivity index (χ2n) is 5.20. The summed E-state index contributed by atoms with van der Waals surface area (Å²) in [6.45, 7) is 0.699. The standard InChI is InChI=1S/C15H22N2O2.ClH/c1-19-14-8-3-2-7-13(14)15(18)17-10-11-5-4-6-12(16)9-11;/h2-3,7-8,11-12H,4-6,9-10,16H2,1H3,(H,17,18);1H. The third-order valence-electron chi connectivity index (χ3n) is 3.73. The molecule has 1 fully saturated rings. The molecule has 2 unspecified atom stereocenters. The Balaban J connectivity index is 0.00000200. The fourth-order valence-electron chi connectivity index (χ4n) is 2.68. The monoisotopic (exact) mass is 298 g/mol. The van der Waals surface area contributed by atoms with E-state index in [1.165, 1.54) is 0 Å². The van der Waals surface area contributed by atoms with Crippen LogP contribution in [0.3, 0.4) is 0 Å². The van der Waals surface area contributed by atoms with Crippen molar-refractivity contribution in [2.75, 3.05) is 13.7 Å². The molecule has 3 N–H and O–H groups in total. The first-order valence-electron chi connectivity index (χ1n) is 6.87. The van der Waals surface area contributed by atoms with Crippen LogP contribution in [0.1, 0.15) is 36.0 Å². The Morgan fingerprint density at radius 1 is 1.40 bits per heavy atom. The largest absolute Gasteiger partial charge is 0.496 e. The first-order chi connectivity index (χ1) is 9.20. The fourth-order valence-corrected chi connectivity index (χ4v) is 2.68. The summed E-state index contributed by atoms with van der Waals surface area (Å²) in [4.78, 5) is 12.1. The number of ether oxygens (including phenoxy) is 1. The molecule has 0 radical (unpaired) electrons. The number of hydrogen-bond donors (Lipinski definition) is 2. The van der Waals surface area contributed by atoms with E-state index in [0.717, 1.165) is 25.7 Å². The molecule has 1 saturated carbocycles. The predicted octanol–water partition coefficient (Wildman–Crippen LogP) is 2.36. The van der Waals surface area contributed by atoms with Crippen LogP contribution in [0.4, 0.5) is 0 Å². The number of rotatable bonds is 4. The number of amides is 1. The molecule has 5 heteroatoms. The molecule has 0 saturated heterocycles. The number of methoxy groups -OCH3 is 1. The summed E-state index contributed by atoms with van der Waals surface area (Å²) in [5.41, 5.74) is 6.54. The number of carbonyl (C=O) groups excluding carboxylic acids is 1. The zero-order chi connectivity index (χ0) is 13.7. The van der Waals surface area contributed by atoms with Crippen LogP contribution >= 0.6 is 12.4 Å². The van der Waals surface area contributed by atoms with Crippen molar-refractivity contribution in [1.29, 1.82) is 0 Å². The molecule has 20 heavy (non-hydrogen) atoms. The molecule has 0 bridgehead atoms. The van der Waals surface area contributed by atoms with E-state index in [9.17, 15) is 4.79 Å². The molecular formula is C15H23ClN2O2. The van der Waals surface area contributed by atoms with E-state index in [1.807, 2.05) is 12.1 Å². The van der Waals surface area contributed by atoms with Crippen LogP contribution in [-0.2, 0) is 0 Å². The van der Waals surface area contributed by atoms with E-state index in [0.29, 0.717) is 29.8 Å². The van der Waals surface area contributed by atoms with Gasteiger partial charge in [0.25, 0.3) is 5.91 Å². The highest BCUT2D eigenvalue weighted by molar-refractivity contribution is 5.96. The lowest BCUT2D eigenvalue weighted by molar-refractivity contribution is 0.0939. The molecule has 1 amide bonds. The summed E-state index contributed by atoms with van der Waals surface area (Å²) in [7, 11) is 1.58. The van der Waals surface area contributed by atoms with E-state index in [1.54, 1.807) is 19.2 Å². The minimum atomic E-state index is -0.0726. The Hall–Kier alpha value is -1.26. The van der Waals surface area contributed by atoms with Gasteiger partial charge in [0.1, 0.15) is 5.75 Å². The Morgan fingerprint density at radius 3 is 2.85 bits per heavy atom. The number of carbonyl (C=O) groups is 1. The van der Waals surface area contributed by atoms with E-state index in [2.05, 4.69) is 5.32 Å². The SMILES string of the molecule is COc1ccccc1C(=O)NCC1CCCC(N)C1.Cl. The fraction of sp³-hybridized carbons (Fsp3) is 0.533. The maximum Gasteiger partial charge on any atom is 0.255 e. The van der Waals surface area contributed by atoms with Crippen LogP contribution in [0.25, 0.3) is 0 Å². The first-order valence-corrected chi connectivity index (χ1v) is 6.87. The number of hydrogen-bond acceptors (Lipinski definition) is 3. The highest BCUT2D eigenvalue weighted by Crippen LogP contribution is 2.23. The van der Waals surface area contributed by atoms with Gasteiger partial charge in [0.05, 0.1) is 12.7 Å². The van der Waals surface area contributed by atoms with Gasteiger partial charge in [-0.2, -0.15) is 0 Å². The molecule has 1 aromatic rings. The van der Waals surface area contributed by atoms with Crippen molar-refractivity contribution in [2.24, 2.45) is 11.7 Å². The van der Waals surface area contributed by atoms with E-state index < -0.39 is 0 Å². The summed E-state index contributed by atoms with van der Waals surface area (Å²) >= 11 is 0. The van der Waals surface area contributed by atoms with Crippen LogP contribution in [-0.4, -0.2) is 25.6 Å². The van der Waals surface area contributed by atoms with Gasteiger partial charge in [-0.15, -0.1) is 12.4 Å². The van der Waals surface area contributed by atoms with Crippen LogP contribution in [0.15, 0.2) is 24.3 Å².